The van der Waals surface area contributed by atoms with Crippen molar-refractivity contribution in [3.05, 3.63) is 0 Å². The second-order valence-electron chi connectivity index (χ2n) is 4.61. The molecule has 0 aromatic carbocycles. The summed E-state index contributed by atoms with van der Waals surface area (Å²) in [6, 6.07) is 0.597. The van der Waals surface area contributed by atoms with E-state index in [1.807, 2.05) is 7.11 Å². The van der Waals surface area contributed by atoms with Gasteiger partial charge in [0.2, 0.25) is 0 Å². The molecular weight excluding hydrogens is 220 g/mol. The molecule has 0 aromatic heterocycles. The third kappa shape index (κ3) is 4.36. The predicted molar refractivity (Wildman–Crippen MR) is 71.7 cm³/mol. The number of hydrogen-bond acceptors (Lipinski definition) is 3. The van der Waals surface area contributed by atoms with E-state index in [9.17, 15) is 0 Å². The molecule has 2 N–H and O–H groups in total. The van der Waals surface area contributed by atoms with Crippen molar-refractivity contribution in [1.29, 1.82) is 0 Å². The van der Waals surface area contributed by atoms with Crippen LogP contribution in [0.5, 0.6) is 0 Å². The summed E-state index contributed by atoms with van der Waals surface area (Å²) in [5.41, 5.74) is 5.66. The zero-order valence-electron chi connectivity index (χ0n) is 10.4. The van der Waals surface area contributed by atoms with Crippen LogP contribution in [0.2, 0.25) is 0 Å². The minimum Gasteiger partial charge on any atom is -0.392 e. The molecule has 94 valence electrons. The first kappa shape index (κ1) is 13.9. The van der Waals surface area contributed by atoms with Gasteiger partial charge in [-0.05, 0) is 38.6 Å². The molecule has 1 rings (SSSR count). The summed E-state index contributed by atoms with van der Waals surface area (Å²) in [4.78, 5) is 3.03. The van der Waals surface area contributed by atoms with Gasteiger partial charge in [-0.1, -0.05) is 19.1 Å². The van der Waals surface area contributed by atoms with Crippen molar-refractivity contribution >= 4 is 17.2 Å². The second kappa shape index (κ2) is 7.20. The van der Waals surface area contributed by atoms with Gasteiger partial charge in [-0.3, -0.25) is 4.90 Å². The van der Waals surface area contributed by atoms with Gasteiger partial charge in [0.1, 0.15) is 0 Å². The van der Waals surface area contributed by atoms with Gasteiger partial charge < -0.3 is 10.5 Å². The summed E-state index contributed by atoms with van der Waals surface area (Å²) in [5.74, 6) is 0. The maximum atomic E-state index is 5.66. The van der Waals surface area contributed by atoms with E-state index in [0.29, 0.717) is 17.1 Å². The van der Waals surface area contributed by atoms with Crippen LogP contribution in [0.3, 0.4) is 0 Å². The molecule has 0 aromatic rings. The molecule has 0 heterocycles. The van der Waals surface area contributed by atoms with Gasteiger partial charge in [0.05, 0.1) is 11.1 Å². The lowest BCUT2D eigenvalue weighted by Crippen LogP contribution is -2.44. The summed E-state index contributed by atoms with van der Waals surface area (Å²) >= 11 is 5.02. The van der Waals surface area contributed by atoms with Crippen molar-refractivity contribution in [1.82, 2.24) is 4.90 Å². The van der Waals surface area contributed by atoms with Gasteiger partial charge in [0, 0.05) is 19.7 Å². The van der Waals surface area contributed by atoms with Crippen LogP contribution in [0.15, 0.2) is 0 Å². The van der Waals surface area contributed by atoms with Crippen molar-refractivity contribution in [2.45, 2.75) is 51.2 Å². The quantitative estimate of drug-likeness (QED) is 0.725. The zero-order valence-corrected chi connectivity index (χ0v) is 11.3. The van der Waals surface area contributed by atoms with Crippen LogP contribution in [0.25, 0.3) is 0 Å². The molecule has 0 aliphatic heterocycles. The van der Waals surface area contributed by atoms with Crippen molar-refractivity contribution < 1.29 is 4.74 Å². The maximum absolute atomic E-state index is 5.66. The van der Waals surface area contributed by atoms with Crippen molar-refractivity contribution in [2.75, 3.05) is 20.2 Å². The molecule has 1 aliphatic rings. The molecule has 0 spiro atoms. The molecule has 0 radical (unpaired) electrons. The van der Waals surface area contributed by atoms with Gasteiger partial charge in [-0.25, -0.2) is 0 Å². The standard InChI is InChI=1S/C12H24N2OS/c1-3-7-14(9-12(13)16)10-5-4-6-11(8-10)15-2/h10-11H,3-9H2,1-2H3,(H2,13,16). The third-order valence-corrected chi connectivity index (χ3v) is 3.45. The first-order valence-electron chi connectivity index (χ1n) is 6.22. The molecular formula is C12H24N2OS. The Labute approximate surface area is 104 Å². The molecule has 2 atom stereocenters. The average molecular weight is 244 g/mol. The lowest BCUT2D eigenvalue weighted by Gasteiger charge is -2.36. The van der Waals surface area contributed by atoms with Crippen molar-refractivity contribution in [3.63, 3.8) is 0 Å². The number of hydrogen-bond donors (Lipinski definition) is 1. The van der Waals surface area contributed by atoms with Crippen LogP contribution in [-0.4, -0.2) is 42.2 Å². The largest absolute Gasteiger partial charge is 0.392 e. The lowest BCUT2D eigenvalue weighted by atomic mass is 9.91. The molecule has 0 bridgehead atoms. The number of rotatable bonds is 6. The number of nitrogens with two attached hydrogens (primary N) is 1. The molecule has 16 heavy (non-hydrogen) atoms. The highest BCUT2D eigenvalue weighted by molar-refractivity contribution is 7.80. The van der Waals surface area contributed by atoms with Gasteiger partial charge in [0.15, 0.2) is 0 Å². The van der Waals surface area contributed by atoms with Crippen LogP contribution < -0.4 is 5.73 Å². The smallest absolute Gasteiger partial charge is 0.0870 e. The Morgan fingerprint density at radius 2 is 2.25 bits per heavy atom. The number of ether oxygens (including phenoxy) is 1. The number of nitrogens with zero attached hydrogens (tertiary/aromatic N) is 1. The zero-order chi connectivity index (χ0) is 12.0. The fourth-order valence-electron chi connectivity index (χ4n) is 2.54. The van der Waals surface area contributed by atoms with E-state index in [1.165, 1.54) is 19.3 Å². The Morgan fingerprint density at radius 3 is 2.81 bits per heavy atom. The topological polar surface area (TPSA) is 38.5 Å². The normalized spacial score (nSPS) is 25.9. The summed E-state index contributed by atoms with van der Waals surface area (Å²) in [6.07, 6.45) is 6.39. The monoisotopic (exact) mass is 244 g/mol. The fraction of sp³-hybridized carbons (Fsp3) is 0.917. The SMILES string of the molecule is CCCN(CC(N)=S)C1CCCC(OC)C1. The van der Waals surface area contributed by atoms with E-state index in [1.54, 1.807) is 0 Å². The van der Waals surface area contributed by atoms with E-state index >= 15 is 0 Å². The molecule has 3 nitrogen and oxygen atoms in total. The van der Waals surface area contributed by atoms with Gasteiger partial charge in [-0.2, -0.15) is 0 Å². The van der Waals surface area contributed by atoms with E-state index in [2.05, 4.69) is 11.8 Å². The Bertz CT molecular complexity index is 223. The Morgan fingerprint density at radius 1 is 1.50 bits per heavy atom. The highest BCUT2D eigenvalue weighted by Crippen LogP contribution is 2.24. The highest BCUT2D eigenvalue weighted by atomic mass is 32.1. The first-order valence-corrected chi connectivity index (χ1v) is 6.63. The van der Waals surface area contributed by atoms with Gasteiger partial charge in [0.25, 0.3) is 0 Å². The second-order valence-corrected chi connectivity index (χ2v) is 5.14. The van der Waals surface area contributed by atoms with Gasteiger partial charge in [-0.15, -0.1) is 0 Å². The van der Waals surface area contributed by atoms with Crippen LogP contribution in [0.4, 0.5) is 0 Å². The van der Waals surface area contributed by atoms with E-state index in [4.69, 9.17) is 22.7 Å². The molecule has 4 heteroatoms. The van der Waals surface area contributed by atoms with E-state index in [0.717, 1.165) is 25.9 Å². The van der Waals surface area contributed by atoms with Crippen molar-refractivity contribution in [3.8, 4) is 0 Å². The summed E-state index contributed by atoms with van der Waals surface area (Å²) in [6.45, 7) is 4.03. The van der Waals surface area contributed by atoms with Crippen LogP contribution in [-0.2, 0) is 4.74 Å². The molecule has 1 aliphatic carbocycles. The predicted octanol–water partition coefficient (Wildman–Crippen LogP) is 1.94. The molecule has 1 fully saturated rings. The Hall–Kier alpha value is -0.190. The van der Waals surface area contributed by atoms with E-state index < -0.39 is 0 Å². The Balaban J connectivity index is 2.51. The maximum Gasteiger partial charge on any atom is 0.0870 e. The Kier molecular flexibility index (Phi) is 6.24. The molecule has 2 unspecified atom stereocenters. The number of methoxy groups -OCH3 is 1. The summed E-state index contributed by atoms with van der Waals surface area (Å²) < 4.78 is 5.46. The van der Waals surface area contributed by atoms with Gasteiger partial charge >= 0.3 is 0 Å². The van der Waals surface area contributed by atoms with Crippen LogP contribution in [0.1, 0.15) is 39.0 Å². The van der Waals surface area contributed by atoms with Crippen LogP contribution in [0, 0.1) is 0 Å². The van der Waals surface area contributed by atoms with Crippen molar-refractivity contribution in [2.24, 2.45) is 5.73 Å². The minimum absolute atomic E-state index is 0.421. The van der Waals surface area contributed by atoms with Crippen LogP contribution >= 0.6 is 12.2 Å². The highest BCUT2D eigenvalue weighted by Gasteiger charge is 2.26. The molecule has 0 amide bonds. The molecule has 1 saturated carbocycles. The minimum atomic E-state index is 0.421. The lowest BCUT2D eigenvalue weighted by molar-refractivity contribution is 0.0320. The first-order chi connectivity index (χ1) is 7.67. The fourth-order valence-corrected chi connectivity index (χ4v) is 2.71. The number of thiocarbonyl (C=S) groups is 1. The summed E-state index contributed by atoms with van der Waals surface area (Å²) in [7, 11) is 1.81. The average Bonchev–Trinajstić information content (AvgIpc) is 2.28. The molecule has 0 saturated heterocycles. The third-order valence-electron chi connectivity index (χ3n) is 3.32. The summed E-state index contributed by atoms with van der Waals surface area (Å²) in [5, 5.41) is 0. The van der Waals surface area contributed by atoms with E-state index in [-0.39, 0.29) is 0 Å².